The Labute approximate surface area is 131 Å². The topological polar surface area (TPSA) is 98.3 Å². The number of aromatic nitrogens is 1. The molecule has 0 unspecified atom stereocenters. The van der Waals surface area contributed by atoms with Crippen molar-refractivity contribution in [3.8, 4) is 0 Å². The van der Waals surface area contributed by atoms with E-state index in [1.54, 1.807) is 12.1 Å². The first kappa shape index (κ1) is 15.0. The van der Waals surface area contributed by atoms with Crippen LogP contribution in [-0.4, -0.2) is 17.0 Å². The van der Waals surface area contributed by atoms with Crippen LogP contribution in [0.1, 0.15) is 25.3 Å². The van der Waals surface area contributed by atoms with E-state index in [1.165, 1.54) is 13.1 Å². The van der Waals surface area contributed by atoms with E-state index < -0.39 is 4.92 Å². The third-order valence-electron chi connectivity index (χ3n) is 3.77. The Kier molecular flexibility index (Phi) is 3.48. The van der Waals surface area contributed by atoms with Crippen LogP contribution >= 0.6 is 0 Å². The van der Waals surface area contributed by atoms with Crippen molar-refractivity contribution in [2.24, 2.45) is 0 Å². The molecule has 2 aromatic heterocycles. The number of nitro groups is 1. The lowest BCUT2D eigenvalue weighted by Gasteiger charge is -2.07. The van der Waals surface area contributed by atoms with E-state index in [0.29, 0.717) is 11.0 Å². The quantitative estimate of drug-likeness (QED) is 0.452. The van der Waals surface area contributed by atoms with Crippen LogP contribution in [0.3, 0.4) is 0 Å². The summed E-state index contributed by atoms with van der Waals surface area (Å²) in [5.74, 6) is 0.317. The highest BCUT2D eigenvalue weighted by Gasteiger charge is 2.20. The van der Waals surface area contributed by atoms with Crippen molar-refractivity contribution in [3.63, 3.8) is 0 Å². The first-order valence-corrected chi connectivity index (χ1v) is 7.16. The second-order valence-corrected chi connectivity index (χ2v) is 5.56. The molecule has 0 radical (unpaired) electrons. The zero-order chi connectivity index (χ0) is 16.7. The first-order chi connectivity index (χ1) is 10.9. The van der Waals surface area contributed by atoms with Crippen molar-refractivity contribution >= 4 is 33.6 Å². The van der Waals surface area contributed by atoms with Crippen LogP contribution in [0.4, 0.5) is 11.5 Å². The van der Waals surface area contributed by atoms with Gasteiger partial charge in [0.25, 0.3) is 0 Å². The summed E-state index contributed by atoms with van der Waals surface area (Å²) < 4.78 is 5.67. The van der Waals surface area contributed by atoms with Crippen molar-refractivity contribution in [3.05, 3.63) is 50.2 Å². The molecule has 0 saturated heterocycles. The molecule has 0 aliphatic carbocycles. The minimum absolute atomic E-state index is 0.0591. The van der Waals surface area contributed by atoms with E-state index in [0.717, 1.165) is 5.56 Å². The SMILES string of the molecule is CNc1nc2oc3ccc(C(C)C)cc3c(=O)c2cc1[N+](=O)[O-]. The Morgan fingerprint density at radius 1 is 1.26 bits per heavy atom. The van der Waals surface area contributed by atoms with Gasteiger partial charge >= 0.3 is 5.69 Å². The molecule has 1 N–H and O–H groups in total. The molecule has 0 fully saturated rings. The number of nitrogens with zero attached hydrogens (tertiary/aromatic N) is 2. The second-order valence-electron chi connectivity index (χ2n) is 5.56. The molecule has 0 saturated carbocycles. The van der Waals surface area contributed by atoms with Gasteiger partial charge in [0.05, 0.1) is 15.7 Å². The smallest absolute Gasteiger partial charge is 0.312 e. The van der Waals surface area contributed by atoms with Crippen LogP contribution in [0.25, 0.3) is 22.1 Å². The Morgan fingerprint density at radius 2 is 2.00 bits per heavy atom. The molecule has 0 atom stereocenters. The Balaban J connectivity index is 2.41. The highest BCUT2D eigenvalue weighted by atomic mass is 16.6. The van der Waals surface area contributed by atoms with Crippen LogP contribution in [0, 0.1) is 10.1 Å². The second kappa shape index (κ2) is 5.35. The normalized spacial score (nSPS) is 11.3. The summed E-state index contributed by atoms with van der Waals surface area (Å²) in [7, 11) is 1.52. The van der Waals surface area contributed by atoms with E-state index in [1.807, 2.05) is 19.9 Å². The monoisotopic (exact) mass is 313 g/mol. The van der Waals surface area contributed by atoms with Gasteiger partial charge in [-0.25, -0.2) is 0 Å². The number of pyridine rings is 1. The van der Waals surface area contributed by atoms with Crippen molar-refractivity contribution in [2.45, 2.75) is 19.8 Å². The molecular formula is C16H15N3O4. The van der Waals surface area contributed by atoms with Gasteiger partial charge < -0.3 is 9.73 Å². The maximum atomic E-state index is 12.7. The zero-order valence-electron chi connectivity index (χ0n) is 12.9. The number of anilines is 1. The fraction of sp³-hybridized carbons (Fsp3) is 0.250. The van der Waals surface area contributed by atoms with Crippen LogP contribution < -0.4 is 10.7 Å². The molecule has 0 aliphatic rings. The summed E-state index contributed by atoms with van der Waals surface area (Å²) in [5.41, 5.74) is 0.914. The summed E-state index contributed by atoms with van der Waals surface area (Å²) in [6.45, 7) is 4.05. The van der Waals surface area contributed by atoms with Gasteiger partial charge in [-0.2, -0.15) is 4.98 Å². The number of benzene rings is 1. The summed E-state index contributed by atoms with van der Waals surface area (Å²) in [6, 6.07) is 6.60. The van der Waals surface area contributed by atoms with Crippen LogP contribution in [0.5, 0.6) is 0 Å². The molecule has 23 heavy (non-hydrogen) atoms. The van der Waals surface area contributed by atoms with Gasteiger partial charge in [0, 0.05) is 13.1 Å². The lowest BCUT2D eigenvalue weighted by atomic mass is 10.0. The first-order valence-electron chi connectivity index (χ1n) is 7.16. The van der Waals surface area contributed by atoms with Gasteiger partial charge in [0.2, 0.25) is 17.0 Å². The largest absolute Gasteiger partial charge is 0.437 e. The number of nitrogens with one attached hydrogen (secondary N) is 1. The fourth-order valence-electron chi connectivity index (χ4n) is 2.47. The van der Waals surface area contributed by atoms with Gasteiger partial charge in [0.15, 0.2) is 0 Å². The van der Waals surface area contributed by atoms with E-state index in [2.05, 4.69) is 10.3 Å². The molecule has 3 aromatic rings. The maximum absolute atomic E-state index is 12.7. The van der Waals surface area contributed by atoms with E-state index >= 15 is 0 Å². The van der Waals surface area contributed by atoms with Gasteiger partial charge in [-0.1, -0.05) is 19.9 Å². The number of rotatable bonds is 3. The van der Waals surface area contributed by atoms with Gasteiger partial charge in [0.1, 0.15) is 5.58 Å². The summed E-state index contributed by atoms with van der Waals surface area (Å²) in [6.07, 6.45) is 0. The zero-order valence-corrected chi connectivity index (χ0v) is 12.9. The average molecular weight is 313 g/mol. The van der Waals surface area contributed by atoms with Crippen molar-refractivity contribution in [1.29, 1.82) is 0 Å². The molecule has 0 spiro atoms. The highest BCUT2D eigenvalue weighted by Crippen LogP contribution is 2.28. The minimum atomic E-state index is -0.577. The molecule has 0 aliphatic heterocycles. The van der Waals surface area contributed by atoms with Gasteiger partial charge in [-0.3, -0.25) is 14.9 Å². The summed E-state index contributed by atoms with van der Waals surface area (Å²) in [4.78, 5) is 27.3. The standard InChI is InChI=1S/C16H15N3O4/c1-8(2)9-4-5-13-10(6-9)14(20)11-7-12(19(21)22)15(17-3)18-16(11)23-13/h4-8H,1-3H3,(H,17,18). The van der Waals surface area contributed by atoms with Crippen molar-refractivity contribution in [2.75, 3.05) is 12.4 Å². The molecule has 3 rings (SSSR count). The lowest BCUT2D eigenvalue weighted by Crippen LogP contribution is -2.07. The maximum Gasteiger partial charge on any atom is 0.312 e. The van der Waals surface area contributed by atoms with E-state index in [9.17, 15) is 14.9 Å². The molecular weight excluding hydrogens is 298 g/mol. The molecule has 118 valence electrons. The minimum Gasteiger partial charge on any atom is -0.437 e. The fourth-order valence-corrected chi connectivity index (χ4v) is 2.47. The van der Waals surface area contributed by atoms with Crippen molar-refractivity contribution < 1.29 is 9.34 Å². The molecule has 1 aromatic carbocycles. The van der Waals surface area contributed by atoms with Gasteiger partial charge in [-0.05, 0) is 23.6 Å². The summed E-state index contributed by atoms with van der Waals surface area (Å²) in [5, 5.41) is 14.3. The van der Waals surface area contributed by atoms with Gasteiger partial charge in [-0.15, -0.1) is 0 Å². The number of fused-ring (bicyclic) bond motifs is 2. The number of hydrogen-bond acceptors (Lipinski definition) is 6. The van der Waals surface area contributed by atoms with E-state index in [-0.39, 0.29) is 34.0 Å². The molecule has 0 amide bonds. The molecule has 7 heteroatoms. The predicted molar refractivity (Wildman–Crippen MR) is 88.1 cm³/mol. The summed E-state index contributed by atoms with van der Waals surface area (Å²) >= 11 is 0. The van der Waals surface area contributed by atoms with Crippen molar-refractivity contribution in [1.82, 2.24) is 4.98 Å². The lowest BCUT2D eigenvalue weighted by molar-refractivity contribution is -0.384. The molecule has 7 nitrogen and oxygen atoms in total. The van der Waals surface area contributed by atoms with E-state index in [4.69, 9.17) is 4.42 Å². The Hall–Kier alpha value is -2.96. The average Bonchev–Trinajstić information content (AvgIpc) is 2.53. The molecule has 0 bridgehead atoms. The third kappa shape index (κ3) is 2.40. The van der Waals surface area contributed by atoms with Crippen LogP contribution in [0.2, 0.25) is 0 Å². The highest BCUT2D eigenvalue weighted by molar-refractivity contribution is 5.90. The van der Waals surface area contributed by atoms with Crippen LogP contribution in [-0.2, 0) is 0 Å². The Bertz CT molecular complexity index is 992. The third-order valence-corrected chi connectivity index (χ3v) is 3.77. The Morgan fingerprint density at radius 3 is 2.61 bits per heavy atom. The van der Waals surface area contributed by atoms with Crippen LogP contribution in [0.15, 0.2) is 33.5 Å². The number of hydrogen-bond donors (Lipinski definition) is 1. The molecule has 2 heterocycles. The predicted octanol–water partition coefficient (Wildman–Crippen LogP) is 3.41.